The Morgan fingerprint density at radius 3 is 2.40 bits per heavy atom. The summed E-state index contributed by atoms with van der Waals surface area (Å²) in [7, 11) is 0. The minimum Gasteiger partial charge on any atom is -0.355 e. The molecule has 1 aromatic carbocycles. The number of aryl methyl sites for hydroxylation is 1. The Bertz CT molecular complexity index is 847. The van der Waals surface area contributed by atoms with Crippen LogP contribution in [0.2, 0.25) is 0 Å². The van der Waals surface area contributed by atoms with Crippen molar-refractivity contribution in [2.75, 3.05) is 29.1 Å². The van der Waals surface area contributed by atoms with E-state index >= 15 is 0 Å². The van der Waals surface area contributed by atoms with Crippen molar-refractivity contribution in [3.63, 3.8) is 0 Å². The van der Waals surface area contributed by atoms with Crippen LogP contribution in [-0.2, 0) is 9.59 Å². The van der Waals surface area contributed by atoms with Crippen molar-refractivity contribution in [1.29, 1.82) is 0 Å². The number of benzene rings is 1. The summed E-state index contributed by atoms with van der Waals surface area (Å²) in [6, 6.07) is 11.7. The van der Waals surface area contributed by atoms with Crippen molar-refractivity contribution in [3.05, 3.63) is 42.0 Å². The van der Waals surface area contributed by atoms with Crippen LogP contribution < -0.4 is 15.5 Å². The van der Waals surface area contributed by atoms with E-state index in [2.05, 4.69) is 25.7 Å². The average molecular weight is 428 g/mol. The summed E-state index contributed by atoms with van der Waals surface area (Å²) in [5, 5.41) is 15.2. The van der Waals surface area contributed by atoms with Gasteiger partial charge >= 0.3 is 0 Å². The lowest BCUT2D eigenvalue weighted by Gasteiger charge is -2.32. The Hall–Kier alpha value is -2.61. The second-order valence-electron chi connectivity index (χ2n) is 7.86. The number of piperidine rings is 1. The first kappa shape index (κ1) is 22.1. The highest BCUT2D eigenvalue weighted by Gasteiger charge is 2.26. The van der Waals surface area contributed by atoms with Gasteiger partial charge in [-0.15, -0.1) is 10.2 Å². The molecule has 7 nitrogen and oxygen atoms in total. The number of rotatable bonds is 7. The van der Waals surface area contributed by atoms with E-state index in [1.165, 1.54) is 11.8 Å². The van der Waals surface area contributed by atoms with Crippen molar-refractivity contribution in [3.8, 4) is 0 Å². The fourth-order valence-corrected chi connectivity index (χ4v) is 3.92. The summed E-state index contributed by atoms with van der Waals surface area (Å²) in [5.41, 5.74) is 1.94. The molecule has 3 rings (SSSR count). The Morgan fingerprint density at radius 1 is 1.10 bits per heavy atom. The molecule has 2 amide bonds. The van der Waals surface area contributed by atoms with E-state index in [4.69, 9.17) is 0 Å². The SMILES string of the molecule is Cc1ccc(NC(=O)CSc2ccc(N3CCC(C(=O)NC(C)C)CC3)nn2)cc1. The summed E-state index contributed by atoms with van der Waals surface area (Å²) in [6.45, 7) is 7.55. The van der Waals surface area contributed by atoms with Crippen LogP contribution in [0.1, 0.15) is 32.3 Å². The molecule has 8 heteroatoms. The van der Waals surface area contributed by atoms with Gasteiger partial charge in [0.05, 0.1) is 5.75 Å². The summed E-state index contributed by atoms with van der Waals surface area (Å²) in [5.74, 6) is 1.23. The Balaban J connectivity index is 1.44. The Kier molecular flexibility index (Phi) is 7.68. The summed E-state index contributed by atoms with van der Waals surface area (Å²) >= 11 is 1.36. The molecule has 0 saturated carbocycles. The van der Waals surface area contributed by atoms with E-state index in [-0.39, 0.29) is 29.5 Å². The minimum absolute atomic E-state index is 0.0680. The van der Waals surface area contributed by atoms with Gasteiger partial charge in [-0.25, -0.2) is 0 Å². The molecule has 1 fully saturated rings. The van der Waals surface area contributed by atoms with Gasteiger partial charge in [-0.2, -0.15) is 0 Å². The minimum atomic E-state index is -0.0727. The third-order valence-electron chi connectivity index (χ3n) is 4.93. The van der Waals surface area contributed by atoms with Gasteiger partial charge in [0.25, 0.3) is 0 Å². The zero-order valence-corrected chi connectivity index (χ0v) is 18.5. The predicted molar refractivity (Wildman–Crippen MR) is 121 cm³/mol. The van der Waals surface area contributed by atoms with E-state index in [0.29, 0.717) is 5.03 Å². The van der Waals surface area contributed by atoms with Gasteiger partial charge in [0.2, 0.25) is 11.8 Å². The lowest BCUT2D eigenvalue weighted by Crippen LogP contribution is -2.42. The number of carbonyl (C=O) groups is 2. The molecule has 1 aliphatic heterocycles. The van der Waals surface area contributed by atoms with E-state index in [1.807, 2.05) is 57.2 Å². The Labute approximate surface area is 182 Å². The lowest BCUT2D eigenvalue weighted by molar-refractivity contribution is -0.126. The van der Waals surface area contributed by atoms with Gasteiger partial charge in [-0.3, -0.25) is 9.59 Å². The molecule has 0 atom stereocenters. The third-order valence-corrected chi connectivity index (χ3v) is 5.85. The molecule has 2 N–H and O–H groups in total. The molecule has 0 aliphatic carbocycles. The molecule has 1 aliphatic rings. The summed E-state index contributed by atoms with van der Waals surface area (Å²) < 4.78 is 0. The zero-order chi connectivity index (χ0) is 21.5. The summed E-state index contributed by atoms with van der Waals surface area (Å²) in [6.07, 6.45) is 1.63. The molecule has 0 unspecified atom stereocenters. The maximum atomic E-state index is 12.2. The van der Waals surface area contributed by atoms with Gasteiger partial charge in [0.1, 0.15) is 5.03 Å². The number of amides is 2. The van der Waals surface area contributed by atoms with E-state index in [0.717, 1.165) is 43.0 Å². The van der Waals surface area contributed by atoms with Gasteiger partial charge in [0, 0.05) is 30.7 Å². The van der Waals surface area contributed by atoms with Crippen LogP contribution in [-0.4, -0.2) is 46.9 Å². The van der Waals surface area contributed by atoms with Gasteiger partial charge in [-0.1, -0.05) is 29.5 Å². The zero-order valence-electron chi connectivity index (χ0n) is 17.7. The molecule has 30 heavy (non-hydrogen) atoms. The van der Waals surface area contributed by atoms with Gasteiger partial charge in [0.15, 0.2) is 5.82 Å². The highest BCUT2D eigenvalue weighted by atomic mass is 32.2. The fourth-order valence-electron chi connectivity index (χ4n) is 3.31. The monoisotopic (exact) mass is 427 g/mol. The number of thioether (sulfide) groups is 1. The van der Waals surface area contributed by atoms with Crippen molar-refractivity contribution < 1.29 is 9.59 Å². The molecule has 0 radical (unpaired) electrons. The molecule has 160 valence electrons. The Morgan fingerprint density at radius 2 is 1.80 bits per heavy atom. The smallest absolute Gasteiger partial charge is 0.234 e. The standard InChI is InChI=1S/C22H29N5O2S/c1-15(2)23-22(29)17-10-12-27(13-11-17)19-8-9-21(26-25-19)30-14-20(28)24-18-6-4-16(3)5-7-18/h4-9,15,17H,10-14H2,1-3H3,(H,23,29)(H,24,28). The number of nitrogens with zero attached hydrogens (tertiary/aromatic N) is 3. The van der Waals surface area contributed by atoms with Crippen molar-refractivity contribution in [1.82, 2.24) is 15.5 Å². The van der Waals surface area contributed by atoms with Crippen molar-refractivity contribution in [2.45, 2.75) is 44.7 Å². The van der Waals surface area contributed by atoms with E-state index in [1.54, 1.807) is 0 Å². The quantitative estimate of drug-likeness (QED) is 0.660. The normalized spacial score (nSPS) is 14.6. The van der Waals surface area contributed by atoms with Crippen LogP contribution in [0.4, 0.5) is 11.5 Å². The summed E-state index contributed by atoms with van der Waals surface area (Å²) in [4.78, 5) is 26.4. The molecule has 0 spiro atoms. The largest absolute Gasteiger partial charge is 0.355 e. The number of anilines is 2. The van der Waals surface area contributed by atoms with Crippen LogP contribution in [0.3, 0.4) is 0 Å². The second kappa shape index (κ2) is 10.4. The highest BCUT2D eigenvalue weighted by molar-refractivity contribution is 7.99. The van der Waals surface area contributed by atoms with E-state index < -0.39 is 0 Å². The first-order valence-corrected chi connectivity index (χ1v) is 11.3. The lowest BCUT2D eigenvalue weighted by atomic mass is 9.95. The van der Waals surface area contributed by atoms with Crippen LogP contribution >= 0.6 is 11.8 Å². The molecular weight excluding hydrogens is 398 g/mol. The maximum absolute atomic E-state index is 12.2. The van der Waals surface area contributed by atoms with Crippen LogP contribution in [0.15, 0.2) is 41.4 Å². The fraction of sp³-hybridized carbons (Fsp3) is 0.455. The molecule has 0 bridgehead atoms. The first-order valence-electron chi connectivity index (χ1n) is 10.3. The topological polar surface area (TPSA) is 87.2 Å². The number of aromatic nitrogens is 2. The molecule has 1 aromatic heterocycles. The average Bonchev–Trinajstić information content (AvgIpc) is 2.74. The molecule has 1 saturated heterocycles. The van der Waals surface area contributed by atoms with Crippen molar-refractivity contribution >= 4 is 35.1 Å². The first-order chi connectivity index (χ1) is 14.4. The maximum Gasteiger partial charge on any atom is 0.234 e. The van der Waals surface area contributed by atoms with Gasteiger partial charge in [-0.05, 0) is 57.9 Å². The number of hydrogen-bond acceptors (Lipinski definition) is 6. The molecular formula is C22H29N5O2S. The molecule has 2 aromatic rings. The van der Waals surface area contributed by atoms with Crippen LogP contribution in [0.25, 0.3) is 0 Å². The van der Waals surface area contributed by atoms with Crippen LogP contribution in [0, 0.1) is 12.8 Å². The third kappa shape index (κ3) is 6.45. The molecule has 2 heterocycles. The van der Waals surface area contributed by atoms with Crippen molar-refractivity contribution in [2.24, 2.45) is 5.92 Å². The highest BCUT2D eigenvalue weighted by Crippen LogP contribution is 2.23. The number of nitrogens with one attached hydrogen (secondary N) is 2. The second-order valence-corrected chi connectivity index (χ2v) is 8.85. The van der Waals surface area contributed by atoms with E-state index in [9.17, 15) is 9.59 Å². The predicted octanol–water partition coefficient (Wildman–Crippen LogP) is 3.26. The van der Waals surface area contributed by atoms with Crippen LogP contribution in [0.5, 0.6) is 0 Å². The van der Waals surface area contributed by atoms with Gasteiger partial charge < -0.3 is 15.5 Å². The number of hydrogen-bond donors (Lipinski definition) is 2. The number of carbonyl (C=O) groups excluding carboxylic acids is 2.